The minimum absolute atomic E-state index is 0.179. The number of carbonyl (C=O) groups excluding carboxylic acids is 1. The van der Waals surface area contributed by atoms with Crippen molar-refractivity contribution >= 4 is 26.5 Å². The average molecular weight is 397 g/mol. The van der Waals surface area contributed by atoms with Crippen molar-refractivity contribution in [1.82, 2.24) is 4.98 Å². The van der Waals surface area contributed by atoms with Gasteiger partial charge in [-0.3, -0.25) is 4.79 Å². The number of aromatic nitrogens is 1. The number of methoxy groups -OCH3 is 1. The molecule has 0 bridgehead atoms. The fraction of sp³-hybridized carbons (Fsp3) is 0.318. The normalized spacial score (nSPS) is 18.2. The predicted molar refractivity (Wildman–Crippen MR) is 108 cm³/mol. The Morgan fingerprint density at radius 3 is 2.39 bits per heavy atom. The molecular formula is C22H23NO4S. The summed E-state index contributed by atoms with van der Waals surface area (Å²) in [5.41, 5.74) is 1.48. The van der Waals surface area contributed by atoms with Crippen molar-refractivity contribution in [1.29, 1.82) is 0 Å². The Hall–Kier alpha value is -2.44. The number of H-pyrrole nitrogens is 1. The Bertz CT molecular complexity index is 1090. The van der Waals surface area contributed by atoms with Crippen molar-refractivity contribution in [2.24, 2.45) is 5.92 Å². The summed E-state index contributed by atoms with van der Waals surface area (Å²) >= 11 is 0. The van der Waals surface area contributed by atoms with E-state index in [0.29, 0.717) is 31.2 Å². The van der Waals surface area contributed by atoms with E-state index in [1.165, 1.54) is 7.11 Å². The minimum Gasteiger partial charge on any atom is -0.361 e. The molecule has 1 N–H and O–H groups in total. The van der Waals surface area contributed by atoms with Crippen LogP contribution in [0.5, 0.6) is 0 Å². The Labute approximate surface area is 164 Å². The van der Waals surface area contributed by atoms with Gasteiger partial charge in [0.25, 0.3) is 0 Å². The number of hydrogen-bond donors (Lipinski definition) is 1. The SMILES string of the molecule is COC(c1cccc2[nH]ccc12)(C1CCC(=O)CC1)S(=O)(=O)c1ccccc1. The third kappa shape index (κ3) is 2.79. The molecule has 4 rings (SSSR count). The number of sulfone groups is 1. The topological polar surface area (TPSA) is 76.2 Å². The fourth-order valence-corrected chi connectivity index (χ4v) is 6.68. The first-order valence-corrected chi connectivity index (χ1v) is 10.9. The number of ketones is 1. The standard InChI is InChI=1S/C22H23NO4S/c1-27-22(16-10-12-17(24)13-11-16,28(25,26)18-6-3-2-4-7-18)20-8-5-9-21-19(20)14-15-23-21/h2-9,14-16,23H,10-13H2,1H3. The first kappa shape index (κ1) is 18.9. The van der Waals surface area contributed by atoms with Gasteiger partial charge in [0.1, 0.15) is 5.78 Å². The van der Waals surface area contributed by atoms with Gasteiger partial charge in [-0.25, -0.2) is 8.42 Å². The quantitative estimate of drug-likeness (QED) is 0.700. The van der Waals surface area contributed by atoms with E-state index >= 15 is 0 Å². The van der Waals surface area contributed by atoms with Crippen LogP contribution in [-0.4, -0.2) is 26.3 Å². The summed E-state index contributed by atoms with van der Waals surface area (Å²) in [6.45, 7) is 0. The van der Waals surface area contributed by atoms with Gasteiger partial charge in [-0.2, -0.15) is 0 Å². The predicted octanol–water partition coefficient (Wildman–Crippen LogP) is 4.20. The molecule has 1 heterocycles. The van der Waals surface area contributed by atoms with Crippen LogP contribution >= 0.6 is 0 Å². The summed E-state index contributed by atoms with van der Waals surface area (Å²) < 4.78 is 34.0. The van der Waals surface area contributed by atoms with Crippen LogP contribution in [-0.2, 0) is 24.3 Å². The second kappa shape index (κ2) is 7.18. The number of Topliss-reactive ketones (excluding diaryl/α,β-unsaturated/α-hetero) is 1. The molecule has 1 aliphatic rings. The van der Waals surface area contributed by atoms with Crippen molar-refractivity contribution in [3.8, 4) is 0 Å². The van der Waals surface area contributed by atoms with Crippen molar-refractivity contribution in [3.05, 3.63) is 66.4 Å². The van der Waals surface area contributed by atoms with Crippen LogP contribution in [0.3, 0.4) is 0 Å². The monoisotopic (exact) mass is 397 g/mol. The van der Waals surface area contributed by atoms with Crippen LogP contribution in [0.4, 0.5) is 0 Å². The zero-order valence-electron chi connectivity index (χ0n) is 15.7. The van der Waals surface area contributed by atoms with Crippen molar-refractivity contribution in [2.45, 2.75) is 35.5 Å². The number of rotatable bonds is 5. The number of aromatic amines is 1. The second-order valence-electron chi connectivity index (χ2n) is 7.25. The fourth-order valence-electron chi connectivity index (χ4n) is 4.45. The third-order valence-electron chi connectivity index (χ3n) is 5.81. The highest BCUT2D eigenvalue weighted by Crippen LogP contribution is 2.49. The molecule has 0 saturated heterocycles. The van der Waals surface area contributed by atoms with Crippen LogP contribution in [0.2, 0.25) is 0 Å². The first-order chi connectivity index (χ1) is 13.5. The van der Waals surface area contributed by atoms with E-state index in [9.17, 15) is 13.2 Å². The Kier molecular flexibility index (Phi) is 4.85. The van der Waals surface area contributed by atoms with Gasteiger partial charge in [0.05, 0.1) is 4.90 Å². The summed E-state index contributed by atoms with van der Waals surface area (Å²) in [4.78, 5) is 13.7. The lowest BCUT2D eigenvalue weighted by Crippen LogP contribution is -2.46. The lowest BCUT2D eigenvalue weighted by molar-refractivity contribution is -0.122. The van der Waals surface area contributed by atoms with Gasteiger partial charge in [0.2, 0.25) is 14.8 Å². The highest BCUT2D eigenvalue weighted by molar-refractivity contribution is 7.92. The molecular weight excluding hydrogens is 374 g/mol. The summed E-state index contributed by atoms with van der Waals surface area (Å²) in [6.07, 6.45) is 3.53. The van der Waals surface area contributed by atoms with E-state index in [4.69, 9.17) is 4.74 Å². The van der Waals surface area contributed by atoms with Gasteiger partial charge in [0, 0.05) is 48.5 Å². The number of nitrogens with one attached hydrogen (secondary N) is 1. The lowest BCUT2D eigenvalue weighted by Gasteiger charge is -2.41. The second-order valence-corrected chi connectivity index (χ2v) is 9.33. The van der Waals surface area contributed by atoms with Crippen LogP contribution in [0.1, 0.15) is 31.2 Å². The summed E-state index contributed by atoms with van der Waals surface area (Å²) in [7, 11) is -2.44. The van der Waals surface area contributed by atoms with Gasteiger partial charge < -0.3 is 9.72 Å². The molecule has 0 spiro atoms. The van der Waals surface area contributed by atoms with Crippen LogP contribution < -0.4 is 0 Å². The number of fused-ring (bicyclic) bond motifs is 1. The lowest BCUT2D eigenvalue weighted by atomic mass is 9.80. The van der Waals surface area contributed by atoms with Crippen molar-refractivity contribution < 1.29 is 17.9 Å². The van der Waals surface area contributed by atoms with Crippen molar-refractivity contribution in [3.63, 3.8) is 0 Å². The van der Waals surface area contributed by atoms with Gasteiger partial charge in [-0.1, -0.05) is 30.3 Å². The summed E-state index contributed by atoms with van der Waals surface area (Å²) in [5, 5.41) is 0.820. The van der Waals surface area contributed by atoms with Crippen LogP contribution in [0.15, 0.2) is 65.7 Å². The minimum atomic E-state index is -3.90. The Morgan fingerprint density at radius 1 is 1.00 bits per heavy atom. The zero-order chi connectivity index (χ0) is 19.8. The third-order valence-corrected chi connectivity index (χ3v) is 8.22. The average Bonchev–Trinajstić information content (AvgIpc) is 3.20. The maximum absolute atomic E-state index is 14.0. The zero-order valence-corrected chi connectivity index (χ0v) is 16.5. The Balaban J connectivity index is 2.00. The molecule has 1 aromatic heterocycles. The van der Waals surface area contributed by atoms with Gasteiger partial charge in [-0.15, -0.1) is 0 Å². The van der Waals surface area contributed by atoms with E-state index < -0.39 is 14.8 Å². The maximum atomic E-state index is 14.0. The molecule has 1 atom stereocenters. The van der Waals surface area contributed by atoms with E-state index in [-0.39, 0.29) is 16.6 Å². The van der Waals surface area contributed by atoms with Crippen LogP contribution in [0, 0.1) is 5.92 Å². The Morgan fingerprint density at radius 2 is 1.71 bits per heavy atom. The maximum Gasteiger partial charge on any atom is 0.212 e. The molecule has 6 heteroatoms. The number of benzene rings is 2. The molecule has 28 heavy (non-hydrogen) atoms. The smallest absolute Gasteiger partial charge is 0.212 e. The highest BCUT2D eigenvalue weighted by atomic mass is 32.2. The first-order valence-electron chi connectivity index (χ1n) is 9.44. The molecule has 2 aromatic carbocycles. The van der Waals surface area contributed by atoms with E-state index in [1.807, 2.05) is 24.3 Å². The molecule has 1 saturated carbocycles. The van der Waals surface area contributed by atoms with Crippen molar-refractivity contribution in [2.75, 3.05) is 7.11 Å². The number of ether oxygens (including phenoxy) is 1. The summed E-state index contributed by atoms with van der Waals surface area (Å²) in [6, 6.07) is 15.9. The van der Waals surface area contributed by atoms with Gasteiger partial charge in [-0.05, 0) is 37.1 Å². The molecule has 146 valence electrons. The van der Waals surface area contributed by atoms with Crippen LogP contribution in [0.25, 0.3) is 10.9 Å². The van der Waals surface area contributed by atoms with Gasteiger partial charge in [0.15, 0.2) is 0 Å². The van der Waals surface area contributed by atoms with Gasteiger partial charge >= 0.3 is 0 Å². The molecule has 1 unspecified atom stereocenters. The molecule has 3 aromatic rings. The molecule has 1 fully saturated rings. The summed E-state index contributed by atoms with van der Waals surface area (Å²) in [5.74, 6) is -0.140. The molecule has 1 aliphatic carbocycles. The van der Waals surface area contributed by atoms with E-state index in [2.05, 4.69) is 4.98 Å². The molecule has 0 amide bonds. The number of carbonyl (C=O) groups is 1. The number of hydrogen-bond acceptors (Lipinski definition) is 4. The molecule has 5 nitrogen and oxygen atoms in total. The van der Waals surface area contributed by atoms with E-state index in [0.717, 1.165) is 10.9 Å². The molecule has 0 aliphatic heterocycles. The molecule has 0 radical (unpaired) electrons. The van der Waals surface area contributed by atoms with E-state index in [1.54, 1.807) is 36.5 Å². The largest absolute Gasteiger partial charge is 0.361 e. The highest BCUT2D eigenvalue weighted by Gasteiger charge is 2.54.